The second-order valence-corrected chi connectivity index (χ2v) is 8.05. The molecule has 1 aromatic rings. The third-order valence-corrected chi connectivity index (χ3v) is 5.67. The van der Waals surface area contributed by atoms with Gasteiger partial charge in [-0.05, 0) is 73.2 Å². The van der Waals surface area contributed by atoms with Crippen molar-refractivity contribution in [2.45, 2.75) is 25.0 Å². The molecule has 0 fully saturated rings. The molecule has 3 unspecified atom stereocenters. The van der Waals surface area contributed by atoms with Crippen molar-refractivity contribution in [3.05, 3.63) is 94.6 Å². The Bertz CT molecular complexity index is 1340. The molecule has 32 heavy (non-hydrogen) atoms. The van der Waals surface area contributed by atoms with E-state index in [2.05, 4.69) is 16.9 Å². The van der Waals surface area contributed by atoms with E-state index in [4.69, 9.17) is 16.1 Å². The van der Waals surface area contributed by atoms with Gasteiger partial charge in [-0.3, -0.25) is 0 Å². The van der Waals surface area contributed by atoms with Crippen LogP contribution in [0.15, 0.2) is 93.9 Å². The van der Waals surface area contributed by atoms with Crippen LogP contribution in [0.25, 0.3) is 12.2 Å². The second kappa shape index (κ2) is 8.22. The third-order valence-electron chi connectivity index (χ3n) is 5.67. The van der Waals surface area contributed by atoms with Gasteiger partial charge in [0.2, 0.25) is 0 Å². The molecule has 5 rings (SSSR count). The molecule has 6 nitrogen and oxygen atoms in total. The van der Waals surface area contributed by atoms with E-state index in [0.29, 0.717) is 0 Å². The number of aliphatic hydroxyl groups excluding tert-OH is 1. The molecule has 162 valence electrons. The number of H-pyrrole nitrogens is 1. The molecule has 0 aliphatic carbocycles. The van der Waals surface area contributed by atoms with E-state index in [1.165, 1.54) is 0 Å². The van der Waals surface area contributed by atoms with Gasteiger partial charge >= 0.3 is 0 Å². The predicted molar refractivity (Wildman–Crippen MR) is 128 cm³/mol. The highest BCUT2D eigenvalue weighted by Gasteiger charge is 2.36. The number of nitrogens with zero attached hydrogens (tertiary/aromatic N) is 2. The van der Waals surface area contributed by atoms with Crippen molar-refractivity contribution in [1.82, 2.24) is 10.3 Å². The van der Waals surface area contributed by atoms with Crippen molar-refractivity contribution >= 4 is 23.6 Å². The molecule has 1 aromatic heterocycles. The number of nitrogens with one attached hydrogen (secondary N) is 2. The summed E-state index contributed by atoms with van der Waals surface area (Å²) in [7, 11) is 0. The van der Waals surface area contributed by atoms with E-state index in [0.717, 1.165) is 44.8 Å². The quantitative estimate of drug-likeness (QED) is 0.629. The molecule has 3 atom stereocenters. The third kappa shape index (κ3) is 4.02. The van der Waals surface area contributed by atoms with Gasteiger partial charge in [-0.25, -0.2) is 9.98 Å². The summed E-state index contributed by atoms with van der Waals surface area (Å²) in [5, 5.41) is 14.6. The molecule has 0 spiro atoms. The van der Waals surface area contributed by atoms with Gasteiger partial charge in [0, 0.05) is 24.2 Å². The maximum absolute atomic E-state index is 9.23. The fraction of sp³-hybridized carbons (Fsp3) is 0.231. The van der Waals surface area contributed by atoms with E-state index in [-0.39, 0.29) is 19.3 Å². The number of ether oxygens (including phenoxy) is 1. The maximum atomic E-state index is 9.23. The molecular weight excluding hydrogens is 400 g/mol. The normalized spacial score (nSPS) is 32.3. The molecule has 8 bridgehead atoms. The van der Waals surface area contributed by atoms with Gasteiger partial charge in [-0.2, -0.15) is 0 Å². The van der Waals surface area contributed by atoms with Crippen LogP contribution in [0, 0.1) is 0 Å². The first kappa shape index (κ1) is 19.2. The van der Waals surface area contributed by atoms with Gasteiger partial charge in [0.15, 0.2) is 0 Å². The van der Waals surface area contributed by atoms with Gasteiger partial charge < -0.3 is 20.1 Å². The predicted octanol–water partition coefficient (Wildman–Crippen LogP) is 1.95. The fourth-order valence-electron chi connectivity index (χ4n) is 4.12. The Morgan fingerprint density at radius 1 is 1.16 bits per heavy atom. The minimum absolute atomic E-state index is 0.0773. The number of aromatic amines is 1. The molecule has 0 amide bonds. The van der Waals surface area contributed by atoms with Crippen molar-refractivity contribution in [2.24, 2.45) is 9.98 Å². The van der Waals surface area contributed by atoms with Crippen molar-refractivity contribution in [1.29, 1.82) is 0 Å². The largest absolute Gasteiger partial charge is 0.394 e. The van der Waals surface area contributed by atoms with Gasteiger partial charge in [0.25, 0.3) is 0 Å². The highest BCUT2D eigenvalue weighted by atomic mass is 16.5. The lowest BCUT2D eigenvalue weighted by atomic mass is 9.91. The average Bonchev–Trinajstić information content (AvgIpc) is 3.57. The fourth-order valence-corrected chi connectivity index (χ4v) is 4.12. The minimum atomic E-state index is -0.866. The number of aliphatic hydroxyl groups is 1. The van der Waals surface area contributed by atoms with Gasteiger partial charge in [-0.15, -0.1) is 6.58 Å². The number of aliphatic imine (C=N–C) groups is 2. The van der Waals surface area contributed by atoms with Gasteiger partial charge in [0.1, 0.15) is 0 Å². The van der Waals surface area contributed by atoms with E-state index < -0.39 is 11.9 Å². The Hall–Kier alpha value is -3.48. The Kier molecular flexibility index (Phi) is 4.94. The Labute approximate surface area is 188 Å². The molecule has 0 aromatic carbocycles. The zero-order valence-electron chi connectivity index (χ0n) is 18.9. The lowest BCUT2D eigenvalue weighted by Crippen LogP contribution is -2.36. The maximum Gasteiger partial charge on any atom is 0.0800 e. The first-order chi connectivity index (χ1) is 16.0. The van der Waals surface area contributed by atoms with Crippen LogP contribution in [0.3, 0.4) is 0 Å². The van der Waals surface area contributed by atoms with Crippen LogP contribution in [-0.4, -0.2) is 46.4 Å². The molecular formula is C26H26N4O2. The zero-order chi connectivity index (χ0) is 23.0. The molecule has 0 radical (unpaired) electrons. The second-order valence-electron chi connectivity index (χ2n) is 8.05. The summed E-state index contributed by atoms with van der Waals surface area (Å²) in [6.07, 6.45) is 16.4. The van der Waals surface area contributed by atoms with Gasteiger partial charge in [-0.1, -0.05) is 6.08 Å². The number of allylic oxidation sites excluding steroid dienone is 5. The van der Waals surface area contributed by atoms with Crippen LogP contribution in [0.1, 0.15) is 14.7 Å². The van der Waals surface area contributed by atoms with Crippen LogP contribution >= 0.6 is 0 Å². The van der Waals surface area contributed by atoms with Crippen molar-refractivity contribution < 1.29 is 11.2 Å². The van der Waals surface area contributed by atoms with E-state index >= 15 is 0 Å². The van der Waals surface area contributed by atoms with Crippen molar-refractivity contribution in [3.63, 3.8) is 0 Å². The Balaban J connectivity index is 1.69. The number of rotatable bonds is 5. The summed E-state index contributed by atoms with van der Waals surface area (Å²) in [5.41, 5.74) is 3.89. The Morgan fingerprint density at radius 3 is 2.53 bits per heavy atom. The first-order valence-corrected chi connectivity index (χ1v) is 10.7. The minimum Gasteiger partial charge on any atom is -0.394 e. The standard InChI is InChI=1S/C26H26N4O2/c1-3-26-15-23-9-8-21(29-23)13-19-5-4-18(27-19)12-20-6-7-22(28-20)14-25(30-26)24(16-26)17(2)32-11-10-31/h3-9,12-15,17,27,30-31H,1,10-11,16H2,2H3/b18-12-,19-13-,22-14-,23-15-/i16D. The van der Waals surface area contributed by atoms with Gasteiger partial charge in [0.05, 0.1) is 47.7 Å². The lowest BCUT2D eigenvalue weighted by molar-refractivity contribution is 0.0565. The SMILES string of the molecule is [2H]C1C(C(C)OCCO)=C2/C=C3/C=CC(=N3)/C=c3/cc/c([nH]3)=C/C3=NC(=C\C1(C=C)N2)/C=C3. The van der Waals surface area contributed by atoms with Crippen LogP contribution in [0.2, 0.25) is 0 Å². The molecule has 5 heterocycles. The smallest absolute Gasteiger partial charge is 0.0800 e. The van der Waals surface area contributed by atoms with Crippen LogP contribution in [0.5, 0.6) is 0 Å². The Morgan fingerprint density at radius 2 is 1.84 bits per heavy atom. The average molecular weight is 428 g/mol. The summed E-state index contributed by atoms with van der Waals surface area (Å²) in [4.78, 5) is 12.8. The summed E-state index contributed by atoms with van der Waals surface area (Å²) >= 11 is 0. The van der Waals surface area contributed by atoms with Crippen LogP contribution in [0.4, 0.5) is 0 Å². The van der Waals surface area contributed by atoms with E-state index in [1.54, 1.807) is 6.08 Å². The molecule has 4 aliphatic heterocycles. The number of fused-ring (bicyclic) bond motifs is 6. The first-order valence-electron chi connectivity index (χ1n) is 11.2. The topological polar surface area (TPSA) is 82.0 Å². The van der Waals surface area contributed by atoms with Crippen LogP contribution in [-0.2, 0) is 4.74 Å². The monoisotopic (exact) mass is 427 g/mol. The summed E-state index contributed by atoms with van der Waals surface area (Å²) in [5.74, 6) is 0. The number of hydrogen-bond acceptors (Lipinski definition) is 5. The summed E-state index contributed by atoms with van der Waals surface area (Å²) in [6, 6.07) is 4.02. The van der Waals surface area contributed by atoms with Crippen molar-refractivity contribution in [2.75, 3.05) is 13.2 Å². The van der Waals surface area contributed by atoms with E-state index in [1.807, 2.05) is 67.7 Å². The molecule has 0 saturated carbocycles. The summed E-state index contributed by atoms with van der Waals surface area (Å²) < 4.78 is 14.9. The summed E-state index contributed by atoms with van der Waals surface area (Å²) in [6.45, 7) is 6.06. The molecule has 4 aliphatic rings. The van der Waals surface area contributed by atoms with E-state index in [9.17, 15) is 5.11 Å². The number of hydrogen-bond donors (Lipinski definition) is 3. The van der Waals surface area contributed by atoms with Crippen LogP contribution < -0.4 is 16.0 Å². The zero-order valence-corrected chi connectivity index (χ0v) is 17.9. The number of aromatic nitrogens is 1. The molecule has 3 N–H and O–H groups in total. The molecule has 6 heteroatoms. The highest BCUT2D eigenvalue weighted by Crippen LogP contribution is 2.35. The molecule has 0 saturated heterocycles. The lowest BCUT2D eigenvalue weighted by Gasteiger charge is -2.24. The van der Waals surface area contributed by atoms with Crippen molar-refractivity contribution in [3.8, 4) is 0 Å². The highest BCUT2D eigenvalue weighted by molar-refractivity contribution is 6.20.